The molecular formula is C16H18F2N2. The Balaban J connectivity index is 2.27. The molecule has 2 aromatic rings. The first-order valence-electron chi connectivity index (χ1n) is 6.62. The van der Waals surface area contributed by atoms with Crippen molar-refractivity contribution in [2.75, 3.05) is 11.4 Å². The highest BCUT2D eigenvalue weighted by Crippen LogP contribution is 2.20. The number of halogens is 2. The lowest BCUT2D eigenvalue weighted by Gasteiger charge is -2.24. The zero-order valence-electron chi connectivity index (χ0n) is 11.4. The van der Waals surface area contributed by atoms with E-state index in [2.05, 4.69) is 0 Å². The Morgan fingerprint density at radius 2 is 1.75 bits per heavy atom. The van der Waals surface area contributed by atoms with Crippen LogP contribution in [-0.2, 0) is 13.1 Å². The molecule has 106 valence electrons. The van der Waals surface area contributed by atoms with E-state index >= 15 is 0 Å². The van der Waals surface area contributed by atoms with Gasteiger partial charge in [0.1, 0.15) is 11.6 Å². The third-order valence-electron chi connectivity index (χ3n) is 3.29. The number of benzene rings is 2. The van der Waals surface area contributed by atoms with Crippen LogP contribution < -0.4 is 10.6 Å². The maximum atomic E-state index is 14.2. The van der Waals surface area contributed by atoms with Gasteiger partial charge in [-0.3, -0.25) is 0 Å². The molecule has 2 rings (SSSR count). The fourth-order valence-electron chi connectivity index (χ4n) is 2.18. The molecule has 0 fully saturated rings. The second-order valence-electron chi connectivity index (χ2n) is 4.59. The SMILES string of the molecule is CCN(Cc1cccc(CN)c1F)c1cccc(F)c1. The lowest BCUT2D eigenvalue weighted by Crippen LogP contribution is -2.23. The van der Waals surface area contributed by atoms with Gasteiger partial charge in [-0.15, -0.1) is 0 Å². The first kappa shape index (κ1) is 14.5. The van der Waals surface area contributed by atoms with Gasteiger partial charge in [0.05, 0.1) is 0 Å². The van der Waals surface area contributed by atoms with Crippen molar-refractivity contribution in [3.8, 4) is 0 Å². The van der Waals surface area contributed by atoms with Crippen LogP contribution in [0.3, 0.4) is 0 Å². The molecule has 20 heavy (non-hydrogen) atoms. The zero-order chi connectivity index (χ0) is 14.5. The van der Waals surface area contributed by atoms with Gasteiger partial charge in [0.15, 0.2) is 0 Å². The largest absolute Gasteiger partial charge is 0.367 e. The van der Waals surface area contributed by atoms with E-state index in [-0.39, 0.29) is 18.2 Å². The van der Waals surface area contributed by atoms with Crippen LogP contribution in [0.25, 0.3) is 0 Å². The van der Waals surface area contributed by atoms with Crippen LogP contribution in [0.15, 0.2) is 42.5 Å². The standard InChI is InChI=1S/C16H18F2N2/c1-2-20(15-8-4-7-14(17)9-15)11-13-6-3-5-12(10-19)16(13)18/h3-9H,2,10-11,19H2,1H3. The minimum atomic E-state index is -0.294. The summed E-state index contributed by atoms with van der Waals surface area (Å²) in [6.45, 7) is 3.18. The second kappa shape index (κ2) is 6.48. The molecule has 0 aromatic heterocycles. The van der Waals surface area contributed by atoms with Crippen LogP contribution in [0.4, 0.5) is 14.5 Å². The molecule has 0 radical (unpaired) electrons. The molecule has 2 N–H and O–H groups in total. The van der Waals surface area contributed by atoms with E-state index < -0.39 is 0 Å². The summed E-state index contributed by atoms with van der Waals surface area (Å²) < 4.78 is 27.5. The fourth-order valence-corrected chi connectivity index (χ4v) is 2.18. The molecule has 0 saturated heterocycles. The summed E-state index contributed by atoms with van der Waals surface area (Å²) in [5, 5.41) is 0. The molecule has 0 saturated carbocycles. The minimum Gasteiger partial charge on any atom is -0.367 e. The predicted molar refractivity (Wildman–Crippen MR) is 77.4 cm³/mol. The predicted octanol–water partition coefficient (Wildman–Crippen LogP) is 3.45. The van der Waals surface area contributed by atoms with Gasteiger partial charge < -0.3 is 10.6 Å². The van der Waals surface area contributed by atoms with E-state index in [1.807, 2.05) is 17.9 Å². The molecule has 0 amide bonds. The van der Waals surface area contributed by atoms with Gasteiger partial charge in [0.25, 0.3) is 0 Å². The molecule has 0 spiro atoms. The molecule has 0 aliphatic heterocycles. The van der Waals surface area contributed by atoms with E-state index in [1.54, 1.807) is 24.3 Å². The number of nitrogens with two attached hydrogens (primary N) is 1. The number of hydrogen-bond acceptors (Lipinski definition) is 2. The average molecular weight is 276 g/mol. The smallest absolute Gasteiger partial charge is 0.132 e. The van der Waals surface area contributed by atoms with Crippen molar-refractivity contribution in [1.82, 2.24) is 0 Å². The van der Waals surface area contributed by atoms with E-state index in [0.717, 1.165) is 5.69 Å². The lowest BCUT2D eigenvalue weighted by molar-refractivity contribution is 0.589. The summed E-state index contributed by atoms with van der Waals surface area (Å²) in [4.78, 5) is 1.92. The van der Waals surface area contributed by atoms with E-state index in [1.165, 1.54) is 12.1 Å². The molecule has 0 atom stereocenters. The number of nitrogens with zero attached hydrogens (tertiary/aromatic N) is 1. The molecule has 0 aliphatic carbocycles. The highest BCUT2D eigenvalue weighted by Gasteiger charge is 2.11. The van der Waals surface area contributed by atoms with E-state index in [0.29, 0.717) is 24.2 Å². The van der Waals surface area contributed by atoms with Crippen molar-refractivity contribution in [2.24, 2.45) is 5.73 Å². The molecule has 2 nitrogen and oxygen atoms in total. The first-order valence-corrected chi connectivity index (χ1v) is 6.62. The van der Waals surface area contributed by atoms with Crippen LogP contribution in [0.2, 0.25) is 0 Å². The summed E-state index contributed by atoms with van der Waals surface area (Å²) in [6.07, 6.45) is 0. The highest BCUT2D eigenvalue weighted by atomic mass is 19.1. The number of hydrogen-bond donors (Lipinski definition) is 1. The van der Waals surface area contributed by atoms with Crippen LogP contribution in [0.5, 0.6) is 0 Å². The van der Waals surface area contributed by atoms with Crippen molar-refractivity contribution in [3.63, 3.8) is 0 Å². The van der Waals surface area contributed by atoms with E-state index in [4.69, 9.17) is 5.73 Å². The van der Waals surface area contributed by atoms with Gasteiger partial charge in [-0.1, -0.05) is 24.3 Å². The molecule has 0 unspecified atom stereocenters. The number of anilines is 1. The highest BCUT2D eigenvalue weighted by molar-refractivity contribution is 5.47. The molecule has 0 aliphatic rings. The Morgan fingerprint density at radius 1 is 1.05 bits per heavy atom. The molecule has 0 heterocycles. The van der Waals surface area contributed by atoms with E-state index in [9.17, 15) is 8.78 Å². The Bertz CT molecular complexity index is 584. The molecular weight excluding hydrogens is 258 g/mol. The molecule has 4 heteroatoms. The normalized spacial score (nSPS) is 10.6. The summed E-state index contributed by atoms with van der Waals surface area (Å²) in [5.74, 6) is -0.568. The quantitative estimate of drug-likeness (QED) is 0.906. The van der Waals surface area contributed by atoms with Gasteiger partial charge in [-0.2, -0.15) is 0 Å². The van der Waals surface area contributed by atoms with Crippen LogP contribution in [-0.4, -0.2) is 6.54 Å². The zero-order valence-corrected chi connectivity index (χ0v) is 11.4. The van der Waals surface area contributed by atoms with Gasteiger partial charge in [0.2, 0.25) is 0 Å². The first-order chi connectivity index (χ1) is 9.65. The summed E-state index contributed by atoms with van der Waals surface area (Å²) in [6, 6.07) is 11.5. The maximum absolute atomic E-state index is 14.2. The van der Waals surface area contributed by atoms with Crippen molar-refractivity contribution in [1.29, 1.82) is 0 Å². The van der Waals surface area contributed by atoms with Gasteiger partial charge in [-0.25, -0.2) is 8.78 Å². The fraction of sp³-hybridized carbons (Fsp3) is 0.250. The minimum absolute atomic E-state index is 0.172. The maximum Gasteiger partial charge on any atom is 0.132 e. The Morgan fingerprint density at radius 3 is 2.40 bits per heavy atom. The summed E-state index contributed by atoms with van der Waals surface area (Å²) in [5.41, 5.74) is 7.32. The monoisotopic (exact) mass is 276 g/mol. The van der Waals surface area contributed by atoms with Crippen LogP contribution >= 0.6 is 0 Å². The Hall–Kier alpha value is -1.94. The van der Waals surface area contributed by atoms with Crippen molar-refractivity contribution >= 4 is 5.69 Å². The van der Waals surface area contributed by atoms with Gasteiger partial charge >= 0.3 is 0 Å². The van der Waals surface area contributed by atoms with Crippen molar-refractivity contribution < 1.29 is 8.78 Å². The van der Waals surface area contributed by atoms with Gasteiger partial charge in [-0.05, 0) is 25.1 Å². The Labute approximate surface area is 117 Å². The molecule has 2 aromatic carbocycles. The molecule has 0 bridgehead atoms. The summed E-state index contributed by atoms with van der Waals surface area (Å²) in [7, 11) is 0. The van der Waals surface area contributed by atoms with Gasteiger partial charge in [0, 0.05) is 36.4 Å². The van der Waals surface area contributed by atoms with Crippen LogP contribution in [0.1, 0.15) is 18.1 Å². The third kappa shape index (κ3) is 3.14. The summed E-state index contributed by atoms with van der Waals surface area (Å²) >= 11 is 0. The Kier molecular flexibility index (Phi) is 4.69. The second-order valence-corrected chi connectivity index (χ2v) is 4.59. The topological polar surface area (TPSA) is 29.3 Å². The van der Waals surface area contributed by atoms with Crippen LogP contribution in [0, 0.1) is 11.6 Å². The van der Waals surface area contributed by atoms with Crippen molar-refractivity contribution in [2.45, 2.75) is 20.0 Å². The third-order valence-corrected chi connectivity index (χ3v) is 3.29. The number of rotatable bonds is 5. The van der Waals surface area contributed by atoms with Crippen molar-refractivity contribution in [3.05, 3.63) is 65.2 Å². The average Bonchev–Trinajstić information content (AvgIpc) is 2.46. The lowest BCUT2D eigenvalue weighted by atomic mass is 10.1.